The van der Waals surface area contributed by atoms with Crippen molar-refractivity contribution in [3.05, 3.63) is 35.4 Å². The molecule has 0 bridgehead atoms. The van der Waals surface area contributed by atoms with Crippen LogP contribution in [0.25, 0.3) is 5.70 Å². The number of ether oxygens (including phenoxy) is 1. The molecule has 1 heterocycles. The van der Waals surface area contributed by atoms with Gasteiger partial charge in [-0.25, -0.2) is 9.38 Å². The number of halogens is 4. The Morgan fingerprint density at radius 1 is 1.37 bits per heavy atom. The summed E-state index contributed by atoms with van der Waals surface area (Å²) in [7, 11) is 0. The molecule has 0 saturated carbocycles. The van der Waals surface area contributed by atoms with E-state index >= 15 is 0 Å². The van der Waals surface area contributed by atoms with Gasteiger partial charge in [0.15, 0.2) is 0 Å². The van der Waals surface area contributed by atoms with E-state index in [9.17, 15) is 22.4 Å². The molecule has 1 aromatic rings. The Hall–Kier alpha value is -3.11. The van der Waals surface area contributed by atoms with Gasteiger partial charge in [-0.2, -0.15) is 5.10 Å². The van der Waals surface area contributed by atoms with Gasteiger partial charge in [-0.15, -0.1) is 13.2 Å². The molecule has 1 aliphatic heterocycles. The standard InChI is InChI=1S/C19H23F4N5O2/c1-11-7-13(3-4-17(11)30-19(21,22)23)16(24)8-18(27-25)28-6-5-14(15(20)10-28)9-26-12(2)29/h3-4,7-9,14-15H,5-6,10,24-25H2,1-2H3/t14?,15-/m0/s1. The molecule has 164 valence electrons. The molecule has 2 rings (SSSR count). The third kappa shape index (κ3) is 6.46. The predicted octanol–water partition coefficient (Wildman–Crippen LogP) is 2.74. The molecule has 4 N–H and O–H groups in total. The van der Waals surface area contributed by atoms with Gasteiger partial charge in [-0.3, -0.25) is 4.79 Å². The number of piperidine rings is 1. The highest BCUT2D eigenvalue weighted by molar-refractivity contribution is 5.98. The molecule has 1 unspecified atom stereocenters. The van der Waals surface area contributed by atoms with Crippen molar-refractivity contribution in [2.24, 2.45) is 27.6 Å². The lowest BCUT2D eigenvalue weighted by Gasteiger charge is -2.34. The number of carbonyl (C=O) groups excluding carboxylic acids is 1. The number of amides is 1. The summed E-state index contributed by atoms with van der Waals surface area (Å²) in [6.45, 7) is 3.13. The Kier molecular flexibility index (Phi) is 7.41. The second-order valence-electron chi connectivity index (χ2n) is 6.83. The number of nitrogens with zero attached hydrogens (tertiary/aromatic N) is 3. The summed E-state index contributed by atoms with van der Waals surface area (Å²) in [5.41, 5.74) is 6.91. The van der Waals surface area contributed by atoms with Gasteiger partial charge in [0.25, 0.3) is 0 Å². The molecule has 11 heteroatoms. The zero-order valence-electron chi connectivity index (χ0n) is 16.5. The number of likely N-dealkylation sites (tertiary alicyclic amines) is 1. The first kappa shape index (κ1) is 23.2. The van der Waals surface area contributed by atoms with E-state index in [0.29, 0.717) is 18.5 Å². The van der Waals surface area contributed by atoms with E-state index in [2.05, 4.69) is 14.8 Å². The third-order valence-electron chi connectivity index (χ3n) is 4.51. The quantitative estimate of drug-likeness (QED) is 0.252. The van der Waals surface area contributed by atoms with Crippen molar-refractivity contribution in [3.8, 4) is 5.75 Å². The fourth-order valence-electron chi connectivity index (χ4n) is 3.00. The molecule has 0 spiro atoms. The van der Waals surface area contributed by atoms with Gasteiger partial charge in [0.2, 0.25) is 5.91 Å². The third-order valence-corrected chi connectivity index (χ3v) is 4.51. The first-order chi connectivity index (χ1) is 14.0. The summed E-state index contributed by atoms with van der Waals surface area (Å²) in [5.74, 6) is 4.45. The summed E-state index contributed by atoms with van der Waals surface area (Å²) < 4.78 is 55.6. The van der Waals surface area contributed by atoms with Crippen LogP contribution in [0.5, 0.6) is 5.75 Å². The lowest BCUT2D eigenvalue weighted by Crippen LogP contribution is -2.45. The lowest BCUT2D eigenvalue weighted by atomic mass is 9.96. The molecule has 0 aliphatic carbocycles. The minimum absolute atomic E-state index is 0.0220. The number of nitrogens with two attached hydrogens (primary N) is 2. The van der Waals surface area contributed by atoms with Crippen molar-refractivity contribution in [1.29, 1.82) is 0 Å². The van der Waals surface area contributed by atoms with Crippen molar-refractivity contribution >= 4 is 23.7 Å². The molecule has 1 aromatic carbocycles. The molecular weight excluding hydrogens is 406 g/mol. The minimum atomic E-state index is -4.79. The van der Waals surface area contributed by atoms with E-state index in [1.807, 2.05) is 0 Å². The molecule has 1 fully saturated rings. The molecule has 7 nitrogen and oxygen atoms in total. The van der Waals surface area contributed by atoms with Crippen LogP contribution in [0.2, 0.25) is 0 Å². The van der Waals surface area contributed by atoms with Crippen molar-refractivity contribution < 1.29 is 27.1 Å². The smallest absolute Gasteiger partial charge is 0.406 e. The first-order valence-electron chi connectivity index (χ1n) is 9.05. The maximum atomic E-state index is 14.4. The van der Waals surface area contributed by atoms with E-state index in [1.54, 1.807) is 4.90 Å². The highest BCUT2D eigenvalue weighted by Gasteiger charge is 2.32. The van der Waals surface area contributed by atoms with Crippen molar-refractivity contribution in [1.82, 2.24) is 4.90 Å². The number of amidine groups is 1. The van der Waals surface area contributed by atoms with Crippen LogP contribution in [0, 0.1) is 12.8 Å². The van der Waals surface area contributed by atoms with Crippen molar-refractivity contribution in [2.75, 3.05) is 13.1 Å². The fourth-order valence-corrected chi connectivity index (χ4v) is 3.00. The summed E-state index contributed by atoms with van der Waals surface area (Å²) in [4.78, 5) is 16.2. The molecule has 0 radical (unpaired) electrons. The average molecular weight is 429 g/mol. The Labute approximate surface area is 171 Å². The van der Waals surface area contributed by atoms with Gasteiger partial charge >= 0.3 is 6.36 Å². The largest absolute Gasteiger partial charge is 0.573 e. The molecule has 1 aliphatic rings. The van der Waals surface area contributed by atoms with Gasteiger partial charge in [-0.1, -0.05) is 0 Å². The number of hydrogen-bond acceptors (Lipinski definition) is 5. The van der Waals surface area contributed by atoms with Crippen LogP contribution in [-0.2, 0) is 4.79 Å². The van der Waals surface area contributed by atoms with Crippen LogP contribution in [0.4, 0.5) is 17.6 Å². The second kappa shape index (κ2) is 9.59. The van der Waals surface area contributed by atoms with Crippen LogP contribution in [0.3, 0.4) is 0 Å². The highest BCUT2D eigenvalue weighted by Crippen LogP contribution is 2.28. The number of rotatable bonds is 4. The van der Waals surface area contributed by atoms with Gasteiger partial charge in [0.1, 0.15) is 17.8 Å². The topological polar surface area (TPSA) is 106 Å². The zero-order valence-corrected chi connectivity index (χ0v) is 16.5. The van der Waals surface area contributed by atoms with Crippen LogP contribution >= 0.6 is 0 Å². The SMILES string of the molecule is CC(=O)N=CC1CCN(C(C=C(N)c2ccc(OC(F)(F)F)c(C)c2)=NN)C[C@@H]1F. The van der Waals surface area contributed by atoms with E-state index in [0.717, 1.165) is 6.07 Å². The number of hydrogen-bond donors (Lipinski definition) is 2. The van der Waals surface area contributed by atoms with E-state index in [1.165, 1.54) is 38.3 Å². The zero-order chi connectivity index (χ0) is 22.5. The van der Waals surface area contributed by atoms with Crippen LogP contribution in [0.1, 0.15) is 24.5 Å². The van der Waals surface area contributed by atoms with Gasteiger partial charge in [0, 0.05) is 37.4 Å². The molecule has 2 atom stereocenters. The number of alkyl halides is 4. The fraction of sp³-hybridized carbons (Fsp3) is 0.421. The summed E-state index contributed by atoms with van der Waals surface area (Å²) in [5, 5.41) is 3.66. The first-order valence-corrected chi connectivity index (χ1v) is 9.05. The molecular formula is C19H23F4N5O2. The number of benzene rings is 1. The van der Waals surface area contributed by atoms with E-state index in [-0.39, 0.29) is 29.4 Å². The molecule has 0 aromatic heterocycles. The van der Waals surface area contributed by atoms with Gasteiger partial charge in [0.05, 0.1) is 6.54 Å². The molecule has 1 saturated heterocycles. The van der Waals surface area contributed by atoms with Crippen LogP contribution in [-0.4, -0.2) is 48.5 Å². The number of carbonyl (C=O) groups is 1. The Bertz CT molecular complexity index is 867. The summed E-state index contributed by atoms with van der Waals surface area (Å²) in [6.07, 6.45) is -2.93. The lowest BCUT2D eigenvalue weighted by molar-refractivity contribution is -0.274. The van der Waals surface area contributed by atoms with Crippen LogP contribution < -0.4 is 16.3 Å². The van der Waals surface area contributed by atoms with Crippen molar-refractivity contribution in [3.63, 3.8) is 0 Å². The van der Waals surface area contributed by atoms with E-state index in [4.69, 9.17) is 11.6 Å². The number of aryl methyl sites for hydroxylation is 1. The van der Waals surface area contributed by atoms with Gasteiger partial charge < -0.3 is 21.2 Å². The molecule has 1 amide bonds. The van der Waals surface area contributed by atoms with Crippen molar-refractivity contribution in [2.45, 2.75) is 32.8 Å². The predicted molar refractivity (Wildman–Crippen MR) is 105 cm³/mol. The average Bonchev–Trinajstić information content (AvgIpc) is 2.65. The molecule has 30 heavy (non-hydrogen) atoms. The number of hydrazone groups is 1. The van der Waals surface area contributed by atoms with Crippen LogP contribution in [0.15, 0.2) is 34.4 Å². The Morgan fingerprint density at radius 3 is 2.60 bits per heavy atom. The minimum Gasteiger partial charge on any atom is -0.406 e. The Morgan fingerprint density at radius 2 is 2.07 bits per heavy atom. The number of aliphatic imine (C=N–C) groups is 1. The summed E-state index contributed by atoms with van der Waals surface area (Å²) in [6, 6.07) is 3.97. The Balaban J connectivity index is 2.13. The maximum absolute atomic E-state index is 14.4. The maximum Gasteiger partial charge on any atom is 0.573 e. The normalized spacial score (nSPS) is 21.2. The monoisotopic (exact) mass is 429 g/mol. The van der Waals surface area contributed by atoms with Gasteiger partial charge in [-0.05, 0) is 42.7 Å². The van der Waals surface area contributed by atoms with E-state index < -0.39 is 24.4 Å². The summed E-state index contributed by atoms with van der Waals surface area (Å²) >= 11 is 0. The second-order valence-corrected chi connectivity index (χ2v) is 6.83. The highest BCUT2D eigenvalue weighted by atomic mass is 19.4.